The first kappa shape index (κ1) is 16.7. The van der Waals surface area contributed by atoms with Crippen LogP contribution in [0, 0.1) is 12.7 Å². The van der Waals surface area contributed by atoms with Crippen LogP contribution in [0.1, 0.15) is 29.2 Å². The molecule has 2 aromatic rings. The predicted molar refractivity (Wildman–Crippen MR) is 95.8 cm³/mol. The third-order valence-electron chi connectivity index (χ3n) is 4.45. The van der Waals surface area contributed by atoms with Crippen molar-refractivity contribution in [1.29, 1.82) is 0 Å². The molecule has 2 aromatic carbocycles. The Morgan fingerprint density at radius 1 is 1.35 bits per heavy atom. The Morgan fingerprint density at radius 2 is 2.13 bits per heavy atom. The second-order valence-electron chi connectivity index (χ2n) is 5.83. The summed E-state index contributed by atoms with van der Waals surface area (Å²) in [5.41, 5.74) is 4.19. The molecule has 1 aliphatic carbocycles. The molecule has 0 aliphatic heterocycles. The highest BCUT2D eigenvalue weighted by atomic mass is 79.9. The lowest BCUT2D eigenvalue weighted by Crippen LogP contribution is -2.30. The molecule has 3 rings (SSSR count). The second kappa shape index (κ2) is 6.80. The predicted octanol–water partition coefficient (Wildman–Crippen LogP) is 5.04. The van der Waals surface area contributed by atoms with Gasteiger partial charge in [0.25, 0.3) is 0 Å². The normalized spacial score (nSPS) is 16.5. The highest BCUT2D eigenvalue weighted by Crippen LogP contribution is 2.42. The number of halogens is 3. The van der Waals surface area contributed by atoms with E-state index in [-0.39, 0.29) is 18.5 Å². The minimum absolute atomic E-state index is 0.0653. The molecule has 0 spiro atoms. The summed E-state index contributed by atoms with van der Waals surface area (Å²) in [6.45, 7) is 2.56. The Hall–Kier alpha value is -1.10. The first-order chi connectivity index (χ1) is 11.0. The molecule has 0 bridgehead atoms. The van der Waals surface area contributed by atoms with Crippen LogP contribution in [-0.4, -0.2) is 18.3 Å². The summed E-state index contributed by atoms with van der Waals surface area (Å²) in [5.74, 6) is -0.222. The van der Waals surface area contributed by atoms with Gasteiger partial charge in [0.1, 0.15) is 5.82 Å². The second-order valence-corrected chi connectivity index (χ2v) is 7.03. The third-order valence-corrected chi connectivity index (χ3v) is 5.73. The summed E-state index contributed by atoms with van der Waals surface area (Å²) < 4.78 is 14.3. The quantitative estimate of drug-likeness (QED) is 0.780. The Morgan fingerprint density at radius 3 is 2.83 bits per heavy atom. The standard InChI is InChI=1S/C18H18BrClFNO/c1-11-10-12(2-5-15(11)20)22(8-9-23)17-7-4-14-13(17)3-6-16(21)18(14)19/h2-3,5-6,10,17,23H,4,7-9H2,1H3. The van der Waals surface area contributed by atoms with Crippen molar-refractivity contribution >= 4 is 33.2 Å². The molecule has 1 aliphatic rings. The molecule has 1 unspecified atom stereocenters. The van der Waals surface area contributed by atoms with Gasteiger partial charge in [-0.2, -0.15) is 0 Å². The van der Waals surface area contributed by atoms with Crippen molar-refractivity contribution in [3.05, 3.63) is 62.3 Å². The topological polar surface area (TPSA) is 23.5 Å². The van der Waals surface area contributed by atoms with Crippen LogP contribution in [0.15, 0.2) is 34.8 Å². The van der Waals surface area contributed by atoms with E-state index in [1.807, 2.05) is 31.2 Å². The van der Waals surface area contributed by atoms with Gasteiger partial charge in [-0.3, -0.25) is 0 Å². The third kappa shape index (κ3) is 3.12. The van der Waals surface area contributed by atoms with E-state index in [1.54, 1.807) is 0 Å². The molecule has 0 saturated heterocycles. The van der Waals surface area contributed by atoms with E-state index in [0.717, 1.165) is 40.2 Å². The van der Waals surface area contributed by atoms with Crippen molar-refractivity contribution in [2.75, 3.05) is 18.1 Å². The summed E-state index contributed by atoms with van der Waals surface area (Å²) in [6, 6.07) is 9.39. The Balaban J connectivity index is 2.01. The number of hydrogen-bond donors (Lipinski definition) is 1. The van der Waals surface area contributed by atoms with Crippen molar-refractivity contribution < 1.29 is 9.50 Å². The van der Waals surface area contributed by atoms with Gasteiger partial charge in [-0.15, -0.1) is 0 Å². The van der Waals surface area contributed by atoms with E-state index in [9.17, 15) is 9.50 Å². The van der Waals surface area contributed by atoms with Gasteiger partial charge < -0.3 is 10.0 Å². The molecule has 23 heavy (non-hydrogen) atoms. The maximum absolute atomic E-state index is 13.8. The molecule has 122 valence electrons. The maximum atomic E-state index is 13.8. The van der Waals surface area contributed by atoms with Gasteiger partial charge in [0.05, 0.1) is 17.1 Å². The molecule has 0 radical (unpaired) electrons. The van der Waals surface area contributed by atoms with Crippen molar-refractivity contribution in [3.63, 3.8) is 0 Å². The van der Waals surface area contributed by atoms with Gasteiger partial charge in [-0.05, 0) is 76.7 Å². The Bertz CT molecular complexity index is 737. The van der Waals surface area contributed by atoms with E-state index in [1.165, 1.54) is 6.07 Å². The first-order valence-electron chi connectivity index (χ1n) is 7.63. The van der Waals surface area contributed by atoms with Gasteiger partial charge >= 0.3 is 0 Å². The number of benzene rings is 2. The van der Waals surface area contributed by atoms with Crippen LogP contribution in [0.25, 0.3) is 0 Å². The molecular formula is C18H18BrClFNO. The number of anilines is 1. The molecule has 0 fully saturated rings. The number of aliphatic hydroxyl groups excluding tert-OH is 1. The van der Waals surface area contributed by atoms with Crippen LogP contribution < -0.4 is 4.90 Å². The van der Waals surface area contributed by atoms with Gasteiger partial charge in [0.15, 0.2) is 0 Å². The van der Waals surface area contributed by atoms with E-state index in [4.69, 9.17) is 11.6 Å². The monoisotopic (exact) mass is 397 g/mol. The number of aliphatic hydroxyl groups is 1. The summed E-state index contributed by atoms with van der Waals surface area (Å²) >= 11 is 9.49. The fraction of sp³-hybridized carbons (Fsp3) is 0.333. The SMILES string of the molecule is Cc1cc(N(CCO)C2CCc3c2ccc(F)c3Br)ccc1Cl. The minimum atomic E-state index is -0.222. The average Bonchev–Trinajstić information content (AvgIpc) is 2.96. The molecule has 1 N–H and O–H groups in total. The molecule has 0 saturated carbocycles. The number of rotatable bonds is 4. The molecular weight excluding hydrogens is 381 g/mol. The molecule has 0 heterocycles. The zero-order valence-electron chi connectivity index (χ0n) is 12.8. The van der Waals surface area contributed by atoms with Crippen LogP contribution in [-0.2, 0) is 6.42 Å². The Kier molecular flexibility index (Phi) is 4.95. The van der Waals surface area contributed by atoms with Crippen molar-refractivity contribution in [2.24, 2.45) is 0 Å². The van der Waals surface area contributed by atoms with E-state index in [2.05, 4.69) is 20.8 Å². The molecule has 2 nitrogen and oxygen atoms in total. The molecule has 5 heteroatoms. The number of nitrogens with zero attached hydrogens (tertiary/aromatic N) is 1. The van der Waals surface area contributed by atoms with Gasteiger partial charge in [-0.25, -0.2) is 4.39 Å². The van der Waals surface area contributed by atoms with E-state index in [0.29, 0.717) is 11.0 Å². The van der Waals surface area contributed by atoms with Crippen LogP contribution in [0.5, 0.6) is 0 Å². The van der Waals surface area contributed by atoms with Crippen LogP contribution in [0.3, 0.4) is 0 Å². The fourth-order valence-corrected chi connectivity index (χ4v) is 3.99. The number of fused-ring (bicyclic) bond motifs is 1. The zero-order chi connectivity index (χ0) is 16.6. The van der Waals surface area contributed by atoms with Crippen molar-refractivity contribution in [2.45, 2.75) is 25.8 Å². The maximum Gasteiger partial charge on any atom is 0.137 e. The van der Waals surface area contributed by atoms with Crippen LogP contribution in [0.4, 0.5) is 10.1 Å². The number of aryl methyl sites for hydroxylation is 1. The molecule has 0 aromatic heterocycles. The van der Waals surface area contributed by atoms with E-state index >= 15 is 0 Å². The van der Waals surface area contributed by atoms with Gasteiger partial charge in [0.2, 0.25) is 0 Å². The van der Waals surface area contributed by atoms with Crippen LogP contribution >= 0.6 is 27.5 Å². The van der Waals surface area contributed by atoms with E-state index < -0.39 is 0 Å². The highest BCUT2D eigenvalue weighted by molar-refractivity contribution is 9.10. The summed E-state index contributed by atoms with van der Waals surface area (Å²) in [5, 5.41) is 10.2. The van der Waals surface area contributed by atoms with Crippen molar-refractivity contribution in [3.8, 4) is 0 Å². The smallest absolute Gasteiger partial charge is 0.137 e. The lowest BCUT2D eigenvalue weighted by molar-refractivity contribution is 0.297. The fourth-order valence-electron chi connectivity index (χ4n) is 3.31. The molecule has 0 amide bonds. The lowest BCUT2D eigenvalue weighted by atomic mass is 10.1. The zero-order valence-corrected chi connectivity index (χ0v) is 15.2. The first-order valence-corrected chi connectivity index (χ1v) is 8.80. The lowest BCUT2D eigenvalue weighted by Gasteiger charge is -2.32. The summed E-state index contributed by atoms with van der Waals surface area (Å²) in [4.78, 5) is 2.18. The van der Waals surface area contributed by atoms with Gasteiger partial charge in [-0.1, -0.05) is 17.7 Å². The molecule has 1 atom stereocenters. The van der Waals surface area contributed by atoms with Crippen molar-refractivity contribution in [1.82, 2.24) is 0 Å². The summed E-state index contributed by atoms with van der Waals surface area (Å²) in [6.07, 6.45) is 1.73. The Labute approximate surface area is 149 Å². The highest BCUT2D eigenvalue weighted by Gasteiger charge is 2.30. The van der Waals surface area contributed by atoms with Crippen LogP contribution in [0.2, 0.25) is 5.02 Å². The van der Waals surface area contributed by atoms with Gasteiger partial charge in [0, 0.05) is 17.3 Å². The average molecular weight is 399 g/mol. The minimum Gasteiger partial charge on any atom is -0.395 e. The largest absolute Gasteiger partial charge is 0.395 e. The summed E-state index contributed by atoms with van der Waals surface area (Å²) in [7, 11) is 0. The number of hydrogen-bond acceptors (Lipinski definition) is 2.